The first-order chi connectivity index (χ1) is 5.72. The lowest BCUT2D eigenvalue weighted by atomic mass is 10.2. The van der Waals surface area contributed by atoms with Crippen LogP contribution in [0.25, 0.3) is 0 Å². The van der Waals surface area contributed by atoms with Crippen LogP contribution >= 0.6 is 0 Å². The molecule has 12 heavy (non-hydrogen) atoms. The standard InChI is InChI=1S/C8H16N4/c1-4-9-7(2)5-8-6-12(3)11-10-8/h6-7,9H,4-5H2,1-3H3. The molecule has 0 amide bonds. The summed E-state index contributed by atoms with van der Waals surface area (Å²) in [5.41, 5.74) is 1.05. The van der Waals surface area contributed by atoms with Crippen LogP contribution in [0.2, 0.25) is 0 Å². The van der Waals surface area contributed by atoms with E-state index in [0.717, 1.165) is 18.7 Å². The summed E-state index contributed by atoms with van der Waals surface area (Å²) >= 11 is 0. The van der Waals surface area contributed by atoms with Crippen LogP contribution in [0, 0.1) is 0 Å². The van der Waals surface area contributed by atoms with Crippen molar-refractivity contribution in [3.8, 4) is 0 Å². The summed E-state index contributed by atoms with van der Waals surface area (Å²) in [4.78, 5) is 0. The average Bonchev–Trinajstić information content (AvgIpc) is 2.36. The Bertz CT molecular complexity index is 231. The molecule has 0 saturated heterocycles. The van der Waals surface area contributed by atoms with E-state index in [0.29, 0.717) is 6.04 Å². The van der Waals surface area contributed by atoms with E-state index >= 15 is 0 Å². The number of nitrogens with one attached hydrogen (secondary N) is 1. The third-order valence-electron chi connectivity index (χ3n) is 1.72. The molecule has 0 aliphatic heterocycles. The van der Waals surface area contributed by atoms with E-state index in [1.165, 1.54) is 0 Å². The Kier molecular flexibility index (Phi) is 3.22. The number of aromatic nitrogens is 3. The first kappa shape index (κ1) is 9.19. The molecule has 4 heteroatoms. The maximum atomic E-state index is 4.01. The minimum Gasteiger partial charge on any atom is -0.314 e. The van der Waals surface area contributed by atoms with E-state index in [4.69, 9.17) is 0 Å². The van der Waals surface area contributed by atoms with Crippen molar-refractivity contribution >= 4 is 0 Å². The van der Waals surface area contributed by atoms with Gasteiger partial charge in [-0.2, -0.15) is 0 Å². The van der Waals surface area contributed by atoms with Crippen LogP contribution < -0.4 is 5.32 Å². The summed E-state index contributed by atoms with van der Waals surface area (Å²) in [6.45, 7) is 5.26. The Labute approximate surface area is 73.0 Å². The van der Waals surface area contributed by atoms with E-state index < -0.39 is 0 Å². The molecule has 1 rings (SSSR count). The first-order valence-corrected chi connectivity index (χ1v) is 4.31. The monoisotopic (exact) mass is 168 g/mol. The second kappa shape index (κ2) is 4.21. The molecule has 0 spiro atoms. The molecule has 68 valence electrons. The molecule has 4 nitrogen and oxygen atoms in total. The summed E-state index contributed by atoms with van der Waals surface area (Å²) in [6.07, 6.45) is 2.90. The van der Waals surface area contributed by atoms with E-state index in [2.05, 4.69) is 29.5 Å². The van der Waals surface area contributed by atoms with Crippen molar-refractivity contribution in [1.82, 2.24) is 20.3 Å². The van der Waals surface area contributed by atoms with Gasteiger partial charge >= 0.3 is 0 Å². The van der Waals surface area contributed by atoms with Crippen molar-refractivity contribution in [2.75, 3.05) is 6.54 Å². The lowest BCUT2D eigenvalue weighted by Gasteiger charge is -2.08. The summed E-state index contributed by atoms with van der Waals surface area (Å²) < 4.78 is 1.73. The van der Waals surface area contributed by atoms with Crippen LogP contribution in [-0.2, 0) is 13.5 Å². The first-order valence-electron chi connectivity index (χ1n) is 4.31. The number of nitrogens with zero attached hydrogens (tertiary/aromatic N) is 3. The van der Waals surface area contributed by atoms with Gasteiger partial charge in [-0.1, -0.05) is 12.1 Å². The Morgan fingerprint density at radius 2 is 2.42 bits per heavy atom. The van der Waals surface area contributed by atoms with Crippen LogP contribution in [0.5, 0.6) is 0 Å². The zero-order chi connectivity index (χ0) is 8.97. The van der Waals surface area contributed by atoms with Gasteiger partial charge in [-0.05, 0) is 13.5 Å². The molecule has 0 saturated carbocycles. The summed E-state index contributed by atoms with van der Waals surface area (Å²) in [6, 6.07) is 0.478. The van der Waals surface area contributed by atoms with Crippen LogP contribution in [-0.4, -0.2) is 27.6 Å². The van der Waals surface area contributed by atoms with E-state index in [1.54, 1.807) is 4.68 Å². The summed E-state index contributed by atoms with van der Waals surface area (Å²) in [5, 5.41) is 11.2. The minimum absolute atomic E-state index is 0.478. The second-order valence-electron chi connectivity index (χ2n) is 3.05. The number of likely N-dealkylation sites (N-methyl/N-ethyl adjacent to an activating group) is 1. The van der Waals surface area contributed by atoms with Crippen LogP contribution in [0.3, 0.4) is 0 Å². The van der Waals surface area contributed by atoms with Crippen LogP contribution in [0.1, 0.15) is 19.5 Å². The molecule has 1 heterocycles. The SMILES string of the molecule is CCNC(C)Cc1cn(C)nn1. The lowest BCUT2D eigenvalue weighted by Crippen LogP contribution is -2.27. The molecule has 1 aromatic heterocycles. The number of rotatable bonds is 4. The number of hydrogen-bond acceptors (Lipinski definition) is 3. The fraction of sp³-hybridized carbons (Fsp3) is 0.750. The van der Waals surface area contributed by atoms with Crippen molar-refractivity contribution < 1.29 is 0 Å². The Morgan fingerprint density at radius 1 is 1.67 bits per heavy atom. The smallest absolute Gasteiger partial charge is 0.0842 e. The molecule has 0 bridgehead atoms. The van der Waals surface area contributed by atoms with Gasteiger partial charge in [0.05, 0.1) is 5.69 Å². The molecular weight excluding hydrogens is 152 g/mol. The van der Waals surface area contributed by atoms with Gasteiger partial charge in [0.15, 0.2) is 0 Å². The predicted octanol–water partition coefficient (Wildman–Crippen LogP) is 0.356. The topological polar surface area (TPSA) is 42.7 Å². The predicted molar refractivity (Wildman–Crippen MR) is 47.8 cm³/mol. The second-order valence-corrected chi connectivity index (χ2v) is 3.05. The quantitative estimate of drug-likeness (QED) is 0.705. The molecular formula is C8H16N4. The highest BCUT2D eigenvalue weighted by atomic mass is 15.4. The highest BCUT2D eigenvalue weighted by Crippen LogP contribution is 1.96. The lowest BCUT2D eigenvalue weighted by molar-refractivity contribution is 0.559. The van der Waals surface area contributed by atoms with Crippen molar-refractivity contribution in [2.45, 2.75) is 26.3 Å². The molecule has 0 aromatic carbocycles. The van der Waals surface area contributed by atoms with Crippen molar-refractivity contribution in [1.29, 1.82) is 0 Å². The van der Waals surface area contributed by atoms with Crippen LogP contribution in [0.4, 0.5) is 0 Å². The molecule has 1 aromatic rings. The molecule has 1 N–H and O–H groups in total. The zero-order valence-electron chi connectivity index (χ0n) is 7.91. The van der Waals surface area contributed by atoms with Gasteiger partial charge in [0.1, 0.15) is 0 Å². The Hall–Kier alpha value is -0.900. The van der Waals surface area contributed by atoms with Gasteiger partial charge in [-0.15, -0.1) is 5.10 Å². The molecule has 1 atom stereocenters. The normalized spacial score (nSPS) is 13.2. The maximum Gasteiger partial charge on any atom is 0.0842 e. The average molecular weight is 168 g/mol. The summed E-state index contributed by atoms with van der Waals surface area (Å²) in [5.74, 6) is 0. The third-order valence-corrected chi connectivity index (χ3v) is 1.72. The maximum absolute atomic E-state index is 4.01. The highest BCUT2D eigenvalue weighted by Gasteiger charge is 2.03. The zero-order valence-corrected chi connectivity index (χ0v) is 7.91. The van der Waals surface area contributed by atoms with E-state index in [-0.39, 0.29) is 0 Å². The van der Waals surface area contributed by atoms with E-state index in [1.807, 2.05) is 13.2 Å². The third kappa shape index (κ3) is 2.62. The highest BCUT2D eigenvalue weighted by molar-refractivity contribution is 4.94. The van der Waals surface area contributed by atoms with Gasteiger partial charge in [0, 0.05) is 25.7 Å². The molecule has 0 radical (unpaired) electrons. The summed E-state index contributed by atoms with van der Waals surface area (Å²) in [7, 11) is 1.88. The van der Waals surface area contributed by atoms with Crippen molar-refractivity contribution in [3.63, 3.8) is 0 Å². The van der Waals surface area contributed by atoms with Gasteiger partial charge < -0.3 is 5.32 Å². The van der Waals surface area contributed by atoms with Gasteiger partial charge in [0.25, 0.3) is 0 Å². The van der Waals surface area contributed by atoms with Crippen molar-refractivity contribution in [2.24, 2.45) is 7.05 Å². The van der Waals surface area contributed by atoms with E-state index in [9.17, 15) is 0 Å². The number of hydrogen-bond donors (Lipinski definition) is 1. The molecule has 1 unspecified atom stereocenters. The molecule has 0 fully saturated rings. The van der Waals surface area contributed by atoms with Gasteiger partial charge in [-0.25, -0.2) is 0 Å². The van der Waals surface area contributed by atoms with Gasteiger partial charge in [-0.3, -0.25) is 4.68 Å². The Balaban J connectivity index is 2.41. The fourth-order valence-electron chi connectivity index (χ4n) is 1.22. The molecule has 0 aliphatic carbocycles. The van der Waals surface area contributed by atoms with Crippen molar-refractivity contribution in [3.05, 3.63) is 11.9 Å². The Morgan fingerprint density at radius 3 is 2.92 bits per heavy atom. The largest absolute Gasteiger partial charge is 0.314 e. The minimum atomic E-state index is 0.478. The fourth-order valence-corrected chi connectivity index (χ4v) is 1.22. The number of aryl methyl sites for hydroxylation is 1. The van der Waals surface area contributed by atoms with Crippen LogP contribution in [0.15, 0.2) is 6.20 Å². The molecule has 0 aliphatic rings. The van der Waals surface area contributed by atoms with Gasteiger partial charge in [0.2, 0.25) is 0 Å².